The van der Waals surface area contributed by atoms with Gasteiger partial charge in [-0.25, -0.2) is 0 Å². The van der Waals surface area contributed by atoms with Gasteiger partial charge in [-0.1, -0.05) is 108 Å². The lowest BCUT2D eigenvalue weighted by molar-refractivity contribution is 0.486. The van der Waals surface area contributed by atoms with E-state index >= 15 is 0 Å². The highest BCUT2D eigenvalue weighted by Gasteiger charge is 2.10. The van der Waals surface area contributed by atoms with Crippen LogP contribution in [0.2, 0.25) is 0 Å². The van der Waals surface area contributed by atoms with E-state index in [1.807, 2.05) is 0 Å². The van der Waals surface area contributed by atoms with E-state index in [9.17, 15) is 0 Å². The van der Waals surface area contributed by atoms with E-state index < -0.39 is 0 Å². The van der Waals surface area contributed by atoms with Gasteiger partial charge in [-0.05, 0) is 30.7 Å². The standard InChI is InChI=1S/C24H39N/c1-2-3-4-5-9-13-18-23(24-20-15-12-16-21-24)19-14-10-7-6-8-11-17-22-25/h12,15-16,20-21,23H,2-11,13-14,17-19H2,1H3/t23-/m0/s1. The Labute approximate surface area is 156 Å². The second kappa shape index (κ2) is 16.2. The second-order valence-corrected chi connectivity index (χ2v) is 7.48. The minimum absolute atomic E-state index is 0.730. The average molecular weight is 342 g/mol. The molecule has 1 aromatic rings. The van der Waals surface area contributed by atoms with Gasteiger partial charge in [0.05, 0.1) is 6.07 Å². The molecule has 25 heavy (non-hydrogen) atoms. The summed E-state index contributed by atoms with van der Waals surface area (Å²) in [6.45, 7) is 2.29. The van der Waals surface area contributed by atoms with E-state index in [-0.39, 0.29) is 0 Å². The monoisotopic (exact) mass is 341 g/mol. The van der Waals surface area contributed by atoms with Crippen LogP contribution in [0.25, 0.3) is 0 Å². The second-order valence-electron chi connectivity index (χ2n) is 7.48. The molecule has 0 heterocycles. The first-order valence-corrected chi connectivity index (χ1v) is 10.8. The van der Waals surface area contributed by atoms with Crippen LogP contribution in [0.4, 0.5) is 0 Å². The van der Waals surface area contributed by atoms with Crippen LogP contribution < -0.4 is 0 Å². The zero-order valence-corrected chi connectivity index (χ0v) is 16.5. The van der Waals surface area contributed by atoms with Gasteiger partial charge < -0.3 is 0 Å². The molecule has 1 aromatic carbocycles. The first kappa shape index (κ1) is 21.8. The van der Waals surface area contributed by atoms with Crippen molar-refractivity contribution in [2.75, 3.05) is 0 Å². The van der Waals surface area contributed by atoms with Crippen molar-refractivity contribution in [1.29, 1.82) is 5.26 Å². The largest absolute Gasteiger partial charge is 0.198 e. The van der Waals surface area contributed by atoms with Crippen molar-refractivity contribution in [1.82, 2.24) is 0 Å². The van der Waals surface area contributed by atoms with Crippen molar-refractivity contribution in [3.63, 3.8) is 0 Å². The molecule has 0 aromatic heterocycles. The van der Waals surface area contributed by atoms with Gasteiger partial charge in [0.25, 0.3) is 0 Å². The molecule has 1 heteroatoms. The number of unbranched alkanes of at least 4 members (excludes halogenated alkanes) is 11. The normalized spacial score (nSPS) is 12.0. The fraction of sp³-hybridized carbons (Fsp3) is 0.708. The summed E-state index contributed by atoms with van der Waals surface area (Å²) in [5, 5.41) is 8.56. The van der Waals surface area contributed by atoms with E-state index in [4.69, 9.17) is 5.26 Å². The molecule has 0 bridgehead atoms. The Hall–Kier alpha value is -1.29. The maximum absolute atomic E-state index is 8.56. The molecule has 0 spiro atoms. The van der Waals surface area contributed by atoms with Crippen molar-refractivity contribution in [3.05, 3.63) is 35.9 Å². The van der Waals surface area contributed by atoms with Gasteiger partial charge >= 0.3 is 0 Å². The first-order chi connectivity index (χ1) is 12.4. The molecule has 1 rings (SSSR count). The summed E-state index contributed by atoms with van der Waals surface area (Å²) in [5.41, 5.74) is 1.55. The Balaban J connectivity index is 2.22. The van der Waals surface area contributed by atoms with Gasteiger partial charge in [0.1, 0.15) is 0 Å². The highest BCUT2D eigenvalue weighted by Crippen LogP contribution is 2.28. The summed E-state index contributed by atoms with van der Waals surface area (Å²) in [6.07, 6.45) is 19.5. The maximum Gasteiger partial charge on any atom is 0.0621 e. The molecule has 1 atom stereocenters. The number of nitriles is 1. The third-order valence-electron chi connectivity index (χ3n) is 5.27. The van der Waals surface area contributed by atoms with Crippen LogP contribution in [-0.4, -0.2) is 0 Å². The van der Waals surface area contributed by atoms with Gasteiger partial charge in [-0.15, -0.1) is 0 Å². The Bertz CT molecular complexity index is 431. The molecule has 0 aliphatic carbocycles. The first-order valence-electron chi connectivity index (χ1n) is 10.8. The highest BCUT2D eigenvalue weighted by molar-refractivity contribution is 5.19. The summed E-state index contributed by atoms with van der Waals surface area (Å²) < 4.78 is 0. The summed E-state index contributed by atoms with van der Waals surface area (Å²) in [6, 6.07) is 13.4. The van der Waals surface area contributed by atoms with Gasteiger partial charge in [-0.3, -0.25) is 0 Å². The highest BCUT2D eigenvalue weighted by atomic mass is 14.2. The maximum atomic E-state index is 8.56. The van der Waals surface area contributed by atoms with E-state index in [1.165, 1.54) is 83.5 Å². The van der Waals surface area contributed by atoms with Crippen molar-refractivity contribution in [3.8, 4) is 6.07 Å². The molecular weight excluding hydrogens is 302 g/mol. The van der Waals surface area contributed by atoms with Crippen LogP contribution in [0.3, 0.4) is 0 Å². The molecule has 0 fully saturated rings. The lowest BCUT2D eigenvalue weighted by Crippen LogP contribution is -1.99. The van der Waals surface area contributed by atoms with Gasteiger partial charge in [-0.2, -0.15) is 5.26 Å². The predicted octanol–water partition coefficient (Wildman–Crippen LogP) is 8.17. The minimum atomic E-state index is 0.730. The van der Waals surface area contributed by atoms with Gasteiger partial charge in [0.2, 0.25) is 0 Å². The van der Waals surface area contributed by atoms with Crippen LogP contribution in [0.1, 0.15) is 115 Å². The molecule has 0 amide bonds. The third-order valence-corrected chi connectivity index (χ3v) is 5.27. The van der Waals surface area contributed by atoms with Crippen LogP contribution >= 0.6 is 0 Å². The number of rotatable bonds is 16. The van der Waals surface area contributed by atoms with E-state index in [2.05, 4.69) is 43.3 Å². The summed E-state index contributed by atoms with van der Waals surface area (Å²) >= 11 is 0. The molecule has 1 nitrogen and oxygen atoms in total. The summed E-state index contributed by atoms with van der Waals surface area (Å²) in [7, 11) is 0. The Morgan fingerprint density at radius 3 is 1.80 bits per heavy atom. The Morgan fingerprint density at radius 1 is 0.720 bits per heavy atom. The lowest BCUT2D eigenvalue weighted by atomic mass is 9.88. The number of benzene rings is 1. The molecule has 0 N–H and O–H groups in total. The van der Waals surface area contributed by atoms with Crippen LogP contribution in [-0.2, 0) is 0 Å². The summed E-state index contributed by atoms with van der Waals surface area (Å²) in [5.74, 6) is 0.756. The molecule has 0 saturated carbocycles. The fourth-order valence-corrected chi connectivity index (χ4v) is 3.68. The number of hydrogen-bond donors (Lipinski definition) is 0. The number of hydrogen-bond acceptors (Lipinski definition) is 1. The minimum Gasteiger partial charge on any atom is -0.198 e. The van der Waals surface area contributed by atoms with E-state index in [0.717, 1.165) is 18.8 Å². The Kier molecular flexibility index (Phi) is 14.1. The van der Waals surface area contributed by atoms with Crippen molar-refractivity contribution in [2.24, 2.45) is 0 Å². The van der Waals surface area contributed by atoms with Crippen LogP contribution in [0.15, 0.2) is 30.3 Å². The molecule has 140 valence electrons. The predicted molar refractivity (Wildman–Crippen MR) is 110 cm³/mol. The van der Waals surface area contributed by atoms with Crippen molar-refractivity contribution in [2.45, 2.75) is 109 Å². The van der Waals surface area contributed by atoms with Gasteiger partial charge in [0.15, 0.2) is 0 Å². The number of nitrogens with zero attached hydrogens (tertiary/aromatic N) is 1. The molecule has 0 aliphatic heterocycles. The smallest absolute Gasteiger partial charge is 0.0621 e. The van der Waals surface area contributed by atoms with E-state index in [0.29, 0.717) is 0 Å². The lowest BCUT2D eigenvalue weighted by Gasteiger charge is -2.17. The Morgan fingerprint density at radius 2 is 1.24 bits per heavy atom. The van der Waals surface area contributed by atoms with Gasteiger partial charge in [0, 0.05) is 6.42 Å². The quantitative estimate of drug-likeness (QED) is 0.278. The molecule has 0 unspecified atom stereocenters. The zero-order chi connectivity index (χ0) is 18.0. The van der Waals surface area contributed by atoms with Crippen molar-refractivity contribution >= 4 is 0 Å². The molecule has 0 radical (unpaired) electrons. The zero-order valence-electron chi connectivity index (χ0n) is 16.5. The molecule has 0 aliphatic rings. The van der Waals surface area contributed by atoms with Crippen molar-refractivity contribution < 1.29 is 0 Å². The fourth-order valence-electron chi connectivity index (χ4n) is 3.68. The average Bonchev–Trinajstić information content (AvgIpc) is 2.65. The molecular formula is C24H39N. The van der Waals surface area contributed by atoms with Crippen LogP contribution in [0.5, 0.6) is 0 Å². The van der Waals surface area contributed by atoms with E-state index in [1.54, 1.807) is 5.56 Å². The topological polar surface area (TPSA) is 23.8 Å². The third kappa shape index (κ3) is 11.8. The van der Waals surface area contributed by atoms with Crippen LogP contribution in [0, 0.1) is 11.3 Å². The summed E-state index contributed by atoms with van der Waals surface area (Å²) in [4.78, 5) is 0. The SMILES string of the molecule is CCCCCCCC[C@@H](CCCCCCCCC#N)c1ccccc1. The molecule has 0 saturated heterocycles.